The average Bonchev–Trinajstić information content (AvgIpc) is 2.29. The van der Waals surface area contributed by atoms with Gasteiger partial charge in [-0.25, -0.2) is 4.79 Å². The molecule has 0 heterocycles. The van der Waals surface area contributed by atoms with Gasteiger partial charge >= 0.3 is 6.16 Å². The lowest BCUT2D eigenvalue weighted by Crippen LogP contribution is -2.02. The molecule has 0 amide bonds. The molecule has 0 saturated heterocycles. The Morgan fingerprint density at radius 3 is 2.35 bits per heavy atom. The third-order valence-electron chi connectivity index (χ3n) is 2.28. The van der Waals surface area contributed by atoms with Crippen LogP contribution < -0.4 is 10.5 Å². The molecule has 0 spiro atoms. The van der Waals surface area contributed by atoms with Gasteiger partial charge in [0, 0.05) is 5.69 Å². The van der Waals surface area contributed by atoms with Crippen molar-refractivity contribution in [3.63, 3.8) is 0 Å². The van der Waals surface area contributed by atoms with Gasteiger partial charge in [0.15, 0.2) is 0 Å². The second kappa shape index (κ2) is 4.57. The number of carbonyl (C=O) groups is 1. The van der Waals surface area contributed by atoms with Crippen molar-refractivity contribution >= 4 is 11.8 Å². The first kappa shape index (κ1) is 11.0. The molecule has 2 rings (SSSR count). The molecule has 0 fully saturated rings. The van der Waals surface area contributed by atoms with E-state index >= 15 is 0 Å². The Morgan fingerprint density at radius 1 is 1.06 bits per heavy atom. The Balaban J connectivity index is 2.26. The molecule has 0 aliphatic carbocycles. The molecule has 0 aromatic heterocycles. The van der Waals surface area contributed by atoms with Gasteiger partial charge in [-0.05, 0) is 35.4 Å². The first-order valence-electron chi connectivity index (χ1n) is 5.02. The van der Waals surface area contributed by atoms with Gasteiger partial charge in [0.25, 0.3) is 0 Å². The number of nitrogens with two attached hydrogens (primary N) is 1. The SMILES string of the molecule is Nc1cccc(-c2ccc(OC(=O)O)cc2)c1. The highest BCUT2D eigenvalue weighted by molar-refractivity contribution is 5.68. The Bertz CT molecular complexity index is 535. The van der Waals surface area contributed by atoms with Crippen LogP contribution in [-0.2, 0) is 0 Å². The normalized spacial score (nSPS) is 9.88. The highest BCUT2D eigenvalue weighted by Crippen LogP contribution is 2.23. The fraction of sp³-hybridized carbons (Fsp3) is 0. The average molecular weight is 229 g/mol. The number of ether oxygens (including phenoxy) is 1. The molecular weight excluding hydrogens is 218 g/mol. The fourth-order valence-corrected chi connectivity index (χ4v) is 1.53. The van der Waals surface area contributed by atoms with E-state index in [2.05, 4.69) is 4.74 Å². The van der Waals surface area contributed by atoms with Crippen molar-refractivity contribution in [1.29, 1.82) is 0 Å². The smallest absolute Gasteiger partial charge is 0.449 e. The summed E-state index contributed by atoms with van der Waals surface area (Å²) >= 11 is 0. The zero-order valence-electron chi connectivity index (χ0n) is 8.96. The molecule has 3 N–H and O–H groups in total. The van der Waals surface area contributed by atoms with Crippen molar-refractivity contribution in [1.82, 2.24) is 0 Å². The fourth-order valence-electron chi connectivity index (χ4n) is 1.53. The second-order valence-corrected chi connectivity index (χ2v) is 3.52. The monoisotopic (exact) mass is 229 g/mol. The summed E-state index contributed by atoms with van der Waals surface area (Å²) in [6.07, 6.45) is -1.32. The van der Waals surface area contributed by atoms with E-state index in [0.29, 0.717) is 11.4 Å². The maximum Gasteiger partial charge on any atom is 0.511 e. The van der Waals surface area contributed by atoms with Crippen molar-refractivity contribution in [3.8, 4) is 16.9 Å². The summed E-state index contributed by atoms with van der Waals surface area (Å²) in [5.74, 6) is 0.296. The second-order valence-electron chi connectivity index (χ2n) is 3.52. The molecule has 0 bridgehead atoms. The molecule has 0 aliphatic rings. The first-order valence-corrected chi connectivity index (χ1v) is 5.02. The van der Waals surface area contributed by atoms with Crippen molar-refractivity contribution in [3.05, 3.63) is 48.5 Å². The summed E-state index contributed by atoms with van der Waals surface area (Å²) in [4.78, 5) is 10.3. The lowest BCUT2D eigenvalue weighted by atomic mass is 10.1. The van der Waals surface area contributed by atoms with Crippen LogP contribution in [0.5, 0.6) is 5.75 Å². The maximum atomic E-state index is 10.3. The summed E-state index contributed by atoms with van der Waals surface area (Å²) in [6.45, 7) is 0. The van der Waals surface area contributed by atoms with E-state index in [1.165, 1.54) is 0 Å². The third-order valence-corrected chi connectivity index (χ3v) is 2.28. The van der Waals surface area contributed by atoms with Crippen LogP contribution in [0.2, 0.25) is 0 Å². The Morgan fingerprint density at radius 2 is 1.76 bits per heavy atom. The van der Waals surface area contributed by atoms with Crippen molar-refractivity contribution in [2.45, 2.75) is 0 Å². The molecule has 86 valence electrons. The van der Waals surface area contributed by atoms with Gasteiger partial charge in [0.1, 0.15) is 5.75 Å². The van der Waals surface area contributed by atoms with Crippen LogP contribution in [0.4, 0.5) is 10.5 Å². The minimum Gasteiger partial charge on any atom is -0.449 e. The molecule has 0 unspecified atom stereocenters. The van der Waals surface area contributed by atoms with Gasteiger partial charge in [-0.2, -0.15) is 0 Å². The van der Waals surface area contributed by atoms with E-state index < -0.39 is 6.16 Å². The highest BCUT2D eigenvalue weighted by Gasteiger charge is 2.02. The zero-order valence-corrected chi connectivity index (χ0v) is 8.96. The van der Waals surface area contributed by atoms with Crippen molar-refractivity contribution < 1.29 is 14.6 Å². The standard InChI is InChI=1S/C13H11NO3/c14-11-3-1-2-10(8-11)9-4-6-12(7-5-9)17-13(15)16/h1-8H,14H2,(H,15,16). The van der Waals surface area contributed by atoms with Crippen molar-refractivity contribution in [2.75, 3.05) is 5.73 Å². The summed E-state index contributed by atoms with van der Waals surface area (Å²) in [5, 5.41) is 8.45. The topological polar surface area (TPSA) is 72.5 Å². The van der Waals surface area contributed by atoms with E-state index in [1.807, 2.05) is 24.3 Å². The van der Waals surface area contributed by atoms with Crippen LogP contribution in [0.1, 0.15) is 0 Å². The first-order chi connectivity index (χ1) is 8.15. The lowest BCUT2D eigenvalue weighted by Gasteiger charge is -2.04. The maximum absolute atomic E-state index is 10.3. The van der Waals surface area contributed by atoms with E-state index in [-0.39, 0.29) is 0 Å². The number of hydrogen-bond acceptors (Lipinski definition) is 3. The van der Waals surface area contributed by atoms with Crippen LogP contribution >= 0.6 is 0 Å². The van der Waals surface area contributed by atoms with E-state index in [1.54, 1.807) is 24.3 Å². The predicted molar refractivity (Wildman–Crippen MR) is 64.9 cm³/mol. The number of benzene rings is 2. The molecule has 0 radical (unpaired) electrons. The minimum atomic E-state index is -1.32. The van der Waals surface area contributed by atoms with E-state index in [4.69, 9.17) is 10.8 Å². The van der Waals surface area contributed by atoms with Crippen LogP contribution in [0.3, 0.4) is 0 Å². The number of rotatable bonds is 2. The van der Waals surface area contributed by atoms with Crippen LogP contribution in [0, 0.1) is 0 Å². The number of anilines is 1. The quantitative estimate of drug-likeness (QED) is 0.471. The van der Waals surface area contributed by atoms with E-state index in [0.717, 1.165) is 11.1 Å². The Kier molecular flexibility index (Phi) is 2.96. The van der Waals surface area contributed by atoms with Crippen LogP contribution in [-0.4, -0.2) is 11.3 Å². The van der Waals surface area contributed by atoms with Gasteiger partial charge in [-0.3, -0.25) is 0 Å². The van der Waals surface area contributed by atoms with Crippen molar-refractivity contribution in [2.24, 2.45) is 0 Å². The largest absolute Gasteiger partial charge is 0.511 e. The molecule has 0 atom stereocenters. The van der Waals surface area contributed by atoms with Gasteiger partial charge in [0.05, 0.1) is 0 Å². The van der Waals surface area contributed by atoms with Gasteiger partial charge in [-0.1, -0.05) is 24.3 Å². The predicted octanol–water partition coefficient (Wildman–Crippen LogP) is 2.99. The molecule has 4 nitrogen and oxygen atoms in total. The molecule has 0 aliphatic heterocycles. The van der Waals surface area contributed by atoms with Gasteiger partial charge in [-0.15, -0.1) is 0 Å². The molecule has 17 heavy (non-hydrogen) atoms. The zero-order chi connectivity index (χ0) is 12.3. The van der Waals surface area contributed by atoms with E-state index in [9.17, 15) is 4.79 Å². The molecular formula is C13H11NO3. The Hall–Kier alpha value is -2.49. The summed E-state index contributed by atoms with van der Waals surface area (Å²) < 4.78 is 4.52. The summed E-state index contributed by atoms with van der Waals surface area (Å²) in [7, 11) is 0. The third kappa shape index (κ3) is 2.75. The minimum absolute atomic E-state index is 0.296. The van der Waals surface area contributed by atoms with Crippen LogP contribution in [0.15, 0.2) is 48.5 Å². The molecule has 4 heteroatoms. The summed E-state index contributed by atoms with van der Waals surface area (Å²) in [6, 6.07) is 14.2. The highest BCUT2D eigenvalue weighted by atomic mass is 16.7. The molecule has 2 aromatic rings. The number of nitrogen functional groups attached to an aromatic ring is 1. The number of carboxylic acid groups (broad SMARTS) is 1. The van der Waals surface area contributed by atoms with Crippen LogP contribution in [0.25, 0.3) is 11.1 Å². The summed E-state index contributed by atoms with van der Waals surface area (Å²) in [5.41, 5.74) is 8.31. The van der Waals surface area contributed by atoms with Gasteiger partial charge < -0.3 is 15.6 Å². The molecule has 2 aromatic carbocycles. The lowest BCUT2D eigenvalue weighted by molar-refractivity contribution is 0.144. The number of hydrogen-bond donors (Lipinski definition) is 2. The Labute approximate surface area is 98.3 Å². The molecule has 0 saturated carbocycles. The van der Waals surface area contributed by atoms with Gasteiger partial charge in [0.2, 0.25) is 0 Å².